The van der Waals surface area contributed by atoms with Gasteiger partial charge in [0.15, 0.2) is 0 Å². The third-order valence-electron chi connectivity index (χ3n) is 3.36. The van der Waals surface area contributed by atoms with Gasteiger partial charge in [-0.1, -0.05) is 11.6 Å². The van der Waals surface area contributed by atoms with Crippen LogP contribution in [-0.4, -0.2) is 26.3 Å². The minimum Gasteiger partial charge on any atom is -0.383 e. The van der Waals surface area contributed by atoms with Crippen molar-refractivity contribution >= 4 is 30.6 Å². The van der Waals surface area contributed by atoms with Gasteiger partial charge in [-0.05, 0) is 39.0 Å². The molecule has 0 aliphatic carbocycles. The van der Waals surface area contributed by atoms with Crippen molar-refractivity contribution in [3.8, 4) is 0 Å². The van der Waals surface area contributed by atoms with Crippen LogP contribution < -0.4 is 10.6 Å². The van der Waals surface area contributed by atoms with Crippen LogP contribution in [-0.2, 0) is 13.6 Å². The Balaban J connectivity index is 2.55. The molecule has 0 saturated carbocycles. The molecule has 0 bridgehead atoms. The molecular weight excluding hydrogens is 323 g/mol. The smallest absolute Gasteiger partial charge is 0.359 e. The molecule has 0 unspecified atom stereocenters. The normalized spacial score (nSPS) is 17.1. The molecule has 0 atom stereocenters. The third-order valence-corrected chi connectivity index (χ3v) is 5.84. The fourth-order valence-corrected chi connectivity index (χ4v) is 4.18. The van der Waals surface area contributed by atoms with Crippen molar-refractivity contribution in [1.29, 1.82) is 0 Å². The summed E-state index contributed by atoms with van der Waals surface area (Å²) in [7, 11) is -3.31. The number of hydrogen-bond acceptors (Lipinski definition) is 5. The number of nitrogens with one attached hydrogen (secondary N) is 2. The van der Waals surface area contributed by atoms with Crippen molar-refractivity contribution in [2.45, 2.75) is 20.8 Å². The first-order valence-electron chi connectivity index (χ1n) is 7.40. The first kappa shape index (κ1) is 17.4. The van der Waals surface area contributed by atoms with Gasteiger partial charge >= 0.3 is 7.60 Å². The first-order chi connectivity index (χ1) is 10.5. The van der Waals surface area contributed by atoms with Gasteiger partial charge in [0.05, 0.1) is 24.2 Å². The van der Waals surface area contributed by atoms with Crippen molar-refractivity contribution in [2.75, 3.05) is 31.6 Å². The van der Waals surface area contributed by atoms with E-state index in [1.807, 2.05) is 18.2 Å². The standard InChI is InChI=1S/C15H22ClN2O3P/c1-4-20-22(19,21-5-2)11(3)15-13-7-6-12(16)10-14(13)17-8-9-18-15/h6-7,10,17-18H,4-5,8-9H2,1-3H3. The number of fused-ring (bicyclic) bond motifs is 1. The largest absolute Gasteiger partial charge is 0.383 e. The van der Waals surface area contributed by atoms with Crippen molar-refractivity contribution in [1.82, 2.24) is 5.32 Å². The van der Waals surface area contributed by atoms with E-state index in [9.17, 15) is 4.57 Å². The Hall–Kier alpha value is -1.00. The quantitative estimate of drug-likeness (QED) is 0.779. The number of anilines is 1. The Bertz CT molecular complexity index is 609. The molecule has 22 heavy (non-hydrogen) atoms. The molecule has 1 aromatic rings. The summed E-state index contributed by atoms with van der Waals surface area (Å²) in [5.74, 6) is 0. The van der Waals surface area contributed by atoms with Crippen molar-refractivity contribution < 1.29 is 13.6 Å². The lowest BCUT2D eigenvalue weighted by molar-refractivity contribution is 0.226. The number of rotatable bonds is 5. The zero-order chi connectivity index (χ0) is 16.2. The summed E-state index contributed by atoms with van der Waals surface area (Å²) in [6, 6.07) is 5.59. The van der Waals surface area contributed by atoms with Gasteiger partial charge in [0.25, 0.3) is 0 Å². The second-order valence-corrected chi connectivity index (χ2v) is 7.46. The molecule has 1 heterocycles. The highest BCUT2D eigenvalue weighted by Gasteiger charge is 2.30. The SMILES string of the molecule is CCOP(=O)(OCC)C(C)=C1NCCNc2cc(Cl)ccc21. The van der Waals surface area contributed by atoms with Gasteiger partial charge in [-0.15, -0.1) is 0 Å². The average Bonchev–Trinajstić information content (AvgIpc) is 2.68. The van der Waals surface area contributed by atoms with E-state index in [4.69, 9.17) is 20.6 Å². The molecule has 2 rings (SSSR count). The van der Waals surface area contributed by atoms with E-state index >= 15 is 0 Å². The predicted octanol–water partition coefficient (Wildman–Crippen LogP) is 4.31. The first-order valence-corrected chi connectivity index (χ1v) is 9.32. The number of halogens is 1. The molecule has 0 spiro atoms. The van der Waals surface area contributed by atoms with E-state index in [1.54, 1.807) is 20.8 Å². The third kappa shape index (κ3) is 3.66. The topological polar surface area (TPSA) is 59.6 Å². The number of hydrogen-bond donors (Lipinski definition) is 2. The molecule has 0 radical (unpaired) electrons. The van der Waals surface area contributed by atoms with Crippen LogP contribution in [0.5, 0.6) is 0 Å². The Labute approximate surface area is 136 Å². The van der Waals surface area contributed by atoms with Crippen LogP contribution >= 0.6 is 19.2 Å². The van der Waals surface area contributed by atoms with Crippen LogP contribution in [0, 0.1) is 0 Å². The summed E-state index contributed by atoms with van der Waals surface area (Å²) in [6.45, 7) is 7.51. The Kier molecular flexibility index (Phi) is 5.93. The molecule has 2 N–H and O–H groups in total. The molecular formula is C15H22ClN2O3P. The van der Waals surface area contributed by atoms with Gasteiger partial charge in [-0.3, -0.25) is 4.57 Å². The molecule has 0 saturated heterocycles. The Morgan fingerprint density at radius 2 is 1.86 bits per heavy atom. The average molecular weight is 345 g/mol. The van der Waals surface area contributed by atoms with E-state index in [-0.39, 0.29) is 0 Å². The highest BCUT2D eigenvalue weighted by Crippen LogP contribution is 2.58. The number of benzene rings is 1. The minimum atomic E-state index is -3.31. The molecule has 1 aromatic carbocycles. The fraction of sp³-hybridized carbons (Fsp3) is 0.467. The molecule has 1 aliphatic heterocycles. The molecule has 0 amide bonds. The van der Waals surface area contributed by atoms with Crippen LogP contribution in [0.4, 0.5) is 5.69 Å². The maximum absolute atomic E-state index is 13.0. The van der Waals surface area contributed by atoms with E-state index in [2.05, 4.69) is 10.6 Å². The highest BCUT2D eigenvalue weighted by atomic mass is 35.5. The van der Waals surface area contributed by atoms with E-state index in [0.29, 0.717) is 30.1 Å². The van der Waals surface area contributed by atoms with Crippen molar-refractivity contribution in [2.24, 2.45) is 0 Å². The van der Waals surface area contributed by atoms with Crippen molar-refractivity contribution in [3.63, 3.8) is 0 Å². The summed E-state index contributed by atoms with van der Waals surface area (Å²) in [4.78, 5) is 0. The van der Waals surface area contributed by atoms with Crippen LogP contribution in [0.25, 0.3) is 5.70 Å². The second kappa shape index (κ2) is 7.51. The second-order valence-electron chi connectivity index (χ2n) is 4.84. The Morgan fingerprint density at radius 3 is 2.50 bits per heavy atom. The van der Waals surface area contributed by atoms with E-state index in [0.717, 1.165) is 23.5 Å². The van der Waals surface area contributed by atoms with Crippen LogP contribution in [0.3, 0.4) is 0 Å². The monoisotopic (exact) mass is 344 g/mol. The summed E-state index contributed by atoms with van der Waals surface area (Å²) < 4.78 is 23.9. The van der Waals surface area contributed by atoms with E-state index < -0.39 is 7.60 Å². The van der Waals surface area contributed by atoms with Crippen LogP contribution in [0.1, 0.15) is 26.3 Å². The molecule has 122 valence electrons. The van der Waals surface area contributed by atoms with Gasteiger partial charge in [0.1, 0.15) is 0 Å². The van der Waals surface area contributed by atoms with Gasteiger partial charge in [-0.2, -0.15) is 0 Å². The van der Waals surface area contributed by atoms with Gasteiger partial charge in [-0.25, -0.2) is 0 Å². The fourth-order valence-electron chi connectivity index (χ4n) is 2.39. The molecule has 0 fully saturated rings. The molecule has 0 aromatic heterocycles. The van der Waals surface area contributed by atoms with E-state index in [1.165, 1.54) is 0 Å². The maximum Gasteiger partial charge on any atom is 0.359 e. The summed E-state index contributed by atoms with van der Waals surface area (Å²) in [6.07, 6.45) is 0. The van der Waals surface area contributed by atoms with Gasteiger partial charge in [0, 0.05) is 29.4 Å². The predicted molar refractivity (Wildman–Crippen MR) is 91.4 cm³/mol. The molecule has 1 aliphatic rings. The van der Waals surface area contributed by atoms with Crippen molar-refractivity contribution in [3.05, 3.63) is 34.1 Å². The molecule has 5 nitrogen and oxygen atoms in total. The zero-order valence-electron chi connectivity index (χ0n) is 13.1. The van der Waals surface area contributed by atoms with Gasteiger partial charge < -0.3 is 19.7 Å². The summed E-state index contributed by atoms with van der Waals surface area (Å²) >= 11 is 6.07. The maximum atomic E-state index is 13.0. The summed E-state index contributed by atoms with van der Waals surface area (Å²) in [5.41, 5.74) is 2.60. The summed E-state index contributed by atoms with van der Waals surface area (Å²) in [5, 5.41) is 7.88. The van der Waals surface area contributed by atoms with Gasteiger partial charge in [0.2, 0.25) is 0 Å². The Morgan fingerprint density at radius 1 is 1.23 bits per heavy atom. The lowest BCUT2D eigenvalue weighted by Crippen LogP contribution is -2.18. The highest BCUT2D eigenvalue weighted by molar-refractivity contribution is 7.58. The lowest BCUT2D eigenvalue weighted by atomic mass is 10.1. The lowest BCUT2D eigenvalue weighted by Gasteiger charge is -2.21. The van der Waals surface area contributed by atoms with Crippen LogP contribution in [0.2, 0.25) is 5.02 Å². The minimum absolute atomic E-state index is 0.327. The zero-order valence-corrected chi connectivity index (χ0v) is 14.8. The molecule has 7 heteroatoms. The number of allylic oxidation sites excluding steroid dienone is 1. The van der Waals surface area contributed by atoms with Crippen LogP contribution in [0.15, 0.2) is 23.5 Å².